The van der Waals surface area contributed by atoms with E-state index in [2.05, 4.69) is 63.4 Å². The molecule has 4 aromatic rings. The van der Waals surface area contributed by atoms with Crippen molar-refractivity contribution in [1.82, 2.24) is 25.8 Å². The first-order chi connectivity index (χ1) is 40.4. The second-order valence-corrected chi connectivity index (χ2v) is 24.4. The van der Waals surface area contributed by atoms with E-state index in [1.165, 1.54) is 32.9 Å². The zero-order chi connectivity index (χ0) is 59.8. The number of aliphatic hydroxyl groups excluding tert-OH is 1. The van der Waals surface area contributed by atoms with E-state index < -0.39 is 47.0 Å². The summed E-state index contributed by atoms with van der Waals surface area (Å²) in [7, 11) is 0. The number of halogens is 1. The molecule has 0 unspecified atom stereocenters. The number of nitrogens with one attached hydrogen (secondary N) is 3. The first-order valence-electron chi connectivity index (χ1n) is 29.8. The molecule has 3 aromatic carbocycles. The Bertz CT molecular complexity index is 2840. The lowest BCUT2D eigenvalue weighted by molar-refractivity contribution is -0.145. The summed E-state index contributed by atoms with van der Waals surface area (Å²) in [5, 5.41) is 19.8. The summed E-state index contributed by atoms with van der Waals surface area (Å²) < 4.78 is 50.2. The van der Waals surface area contributed by atoms with E-state index in [1.807, 2.05) is 36.9 Å². The number of carbonyl (C=O) groups excluding carboxylic acids is 5. The van der Waals surface area contributed by atoms with Gasteiger partial charge < -0.3 is 65.0 Å². The van der Waals surface area contributed by atoms with Crippen molar-refractivity contribution in [3.8, 4) is 16.2 Å². The van der Waals surface area contributed by atoms with Crippen molar-refractivity contribution in [2.24, 2.45) is 11.1 Å². The number of aliphatic hydroxyl groups is 1. The van der Waals surface area contributed by atoms with Crippen molar-refractivity contribution in [2.45, 2.75) is 160 Å². The molecule has 0 radical (unpaired) electrons. The van der Waals surface area contributed by atoms with Crippen LogP contribution in [-0.4, -0.2) is 159 Å². The van der Waals surface area contributed by atoms with Crippen LogP contribution in [0.5, 0.6) is 5.75 Å². The zero-order valence-electron chi connectivity index (χ0n) is 49.4. The molecule has 6 N–H and O–H groups in total. The van der Waals surface area contributed by atoms with Crippen LogP contribution in [-0.2, 0) is 80.1 Å². The minimum absolute atomic E-state index is 0.0126. The summed E-state index contributed by atoms with van der Waals surface area (Å²) in [5.74, 6) is -1.50. The smallest absolute Gasteiger partial charge is 0.258 e. The number of anilines is 1. The Morgan fingerprint density at radius 1 is 0.905 bits per heavy atom. The third-order valence-electron chi connectivity index (χ3n) is 16.0. The third kappa shape index (κ3) is 17.8. The van der Waals surface area contributed by atoms with Crippen LogP contribution >= 0.6 is 11.3 Å². The van der Waals surface area contributed by atoms with Crippen molar-refractivity contribution in [3.05, 3.63) is 99.7 Å². The van der Waals surface area contributed by atoms with Gasteiger partial charge in [0.1, 0.15) is 24.4 Å². The molecule has 6 atom stereocenters. The van der Waals surface area contributed by atoms with Gasteiger partial charge >= 0.3 is 0 Å². The molecule has 0 spiro atoms. The normalized spacial score (nSPS) is 19.1. The van der Waals surface area contributed by atoms with Crippen LogP contribution in [0.2, 0.25) is 0 Å². The van der Waals surface area contributed by atoms with Crippen molar-refractivity contribution in [1.29, 1.82) is 0 Å². The van der Waals surface area contributed by atoms with E-state index in [-0.39, 0.29) is 82.0 Å². The van der Waals surface area contributed by atoms with Gasteiger partial charge in [0, 0.05) is 57.1 Å². The van der Waals surface area contributed by atoms with Crippen LogP contribution in [0.3, 0.4) is 0 Å². The van der Waals surface area contributed by atoms with Crippen molar-refractivity contribution in [3.63, 3.8) is 0 Å². The van der Waals surface area contributed by atoms with Gasteiger partial charge in [0.2, 0.25) is 23.6 Å². The zero-order valence-corrected chi connectivity index (χ0v) is 50.2. The highest BCUT2D eigenvalue weighted by Gasteiger charge is 2.53. The number of ether oxygens (including phenoxy) is 6. The van der Waals surface area contributed by atoms with Gasteiger partial charge in [-0.3, -0.25) is 24.0 Å². The van der Waals surface area contributed by atoms with Crippen molar-refractivity contribution in [2.75, 3.05) is 77.5 Å². The molecule has 1 aromatic heterocycles. The number of amides is 5. The molecule has 5 amide bonds. The third-order valence-corrected chi connectivity index (χ3v) is 17.0. The Kier molecular flexibility index (Phi) is 23.2. The number of aryl methyl sites for hydroxylation is 3. The SMILES string of the molecule is Cc1ncsc1-c1ccc(CNC(=O)[C@@H]2C[C@@H](O)CN2C(=O)[C@@H](NC(=O)C2(F)CC2)C(C)(C)C)c(OCCOCCOCCOCCOCCCc2ccc(CO[C@H](C)[C@H](CCC(N)=O)NC[C@@H]3Cc4cccc5c4N3C(=O)CCC5)cc2)c1. The van der Waals surface area contributed by atoms with Crippen LogP contribution in [0.25, 0.3) is 10.4 Å². The maximum Gasteiger partial charge on any atom is 0.258 e. The maximum absolute atomic E-state index is 14.7. The largest absolute Gasteiger partial charge is 0.491 e. The summed E-state index contributed by atoms with van der Waals surface area (Å²) in [4.78, 5) is 74.1. The summed E-state index contributed by atoms with van der Waals surface area (Å²) in [6, 6.07) is 18.3. The molecule has 1 aliphatic carbocycles. The number of hydrogen-bond acceptors (Lipinski definition) is 15. The number of likely N-dealkylation sites (tertiary alicyclic amines) is 1. The summed E-state index contributed by atoms with van der Waals surface area (Å²) in [6.07, 6.45) is 4.72. The molecule has 2 fully saturated rings. The van der Waals surface area contributed by atoms with Crippen LogP contribution in [0.15, 0.2) is 66.2 Å². The summed E-state index contributed by atoms with van der Waals surface area (Å²) in [6.45, 7) is 13.8. The Labute approximate surface area is 497 Å². The Morgan fingerprint density at radius 3 is 2.25 bits per heavy atom. The number of nitrogens with zero attached hydrogens (tertiary/aromatic N) is 3. The molecule has 0 bridgehead atoms. The Hall–Kier alpha value is -5.91. The van der Waals surface area contributed by atoms with E-state index >= 15 is 0 Å². The van der Waals surface area contributed by atoms with E-state index in [0.29, 0.717) is 83.6 Å². The lowest BCUT2D eigenvalue weighted by Gasteiger charge is -2.35. The van der Waals surface area contributed by atoms with Gasteiger partial charge in [0.25, 0.3) is 5.91 Å². The second-order valence-electron chi connectivity index (χ2n) is 23.6. The first kappa shape index (κ1) is 64.1. The molecular formula is C63H86FN7O12S. The quantitative estimate of drug-likeness (QED) is 0.0326. The maximum atomic E-state index is 14.7. The van der Waals surface area contributed by atoms with Gasteiger partial charge in [-0.1, -0.05) is 75.4 Å². The highest BCUT2D eigenvalue weighted by molar-refractivity contribution is 7.13. The van der Waals surface area contributed by atoms with E-state index in [4.69, 9.17) is 34.2 Å². The topological polar surface area (TPSA) is 242 Å². The molecule has 458 valence electrons. The average molecular weight is 1180 g/mol. The fourth-order valence-electron chi connectivity index (χ4n) is 11.0. The van der Waals surface area contributed by atoms with Gasteiger partial charge in [-0.15, -0.1) is 11.3 Å². The van der Waals surface area contributed by atoms with E-state index in [1.54, 1.807) is 26.3 Å². The summed E-state index contributed by atoms with van der Waals surface area (Å²) >= 11 is 1.51. The van der Waals surface area contributed by atoms with Crippen molar-refractivity contribution >= 4 is 46.6 Å². The van der Waals surface area contributed by atoms with Crippen LogP contribution < -0.4 is 31.3 Å². The fraction of sp³-hybridized carbons (Fsp3) is 0.587. The fourth-order valence-corrected chi connectivity index (χ4v) is 11.9. The monoisotopic (exact) mass is 1180 g/mol. The minimum Gasteiger partial charge on any atom is -0.491 e. The number of thiazole rings is 1. The molecule has 8 rings (SSSR count). The number of primary amides is 1. The van der Waals surface area contributed by atoms with Gasteiger partial charge in [-0.25, -0.2) is 9.37 Å². The lowest BCUT2D eigenvalue weighted by atomic mass is 9.85. The average Bonchev–Trinajstić information content (AvgIpc) is 2.02. The number of para-hydroxylation sites is 1. The Balaban J connectivity index is 0.671. The highest BCUT2D eigenvalue weighted by atomic mass is 32.1. The van der Waals surface area contributed by atoms with Gasteiger partial charge in [0.15, 0.2) is 5.67 Å². The number of alkyl halides is 1. The predicted molar refractivity (Wildman–Crippen MR) is 317 cm³/mol. The molecule has 1 saturated carbocycles. The van der Waals surface area contributed by atoms with Crippen molar-refractivity contribution < 1.29 is 61.9 Å². The second kappa shape index (κ2) is 30.4. The lowest BCUT2D eigenvalue weighted by Crippen LogP contribution is -2.59. The van der Waals surface area contributed by atoms with Crippen LogP contribution in [0.1, 0.15) is 113 Å². The molecule has 4 aliphatic rings. The summed E-state index contributed by atoms with van der Waals surface area (Å²) in [5.41, 5.74) is 12.9. The standard InChI is InChI=1S/C63H86FN7O12S/c1-41-57(84-40-68-41)47-18-19-48(36-67-59(75)52-35-50(72)38-70(52)60(76)58(62(3,4)5)69-61(77)63(64)22-23-63)53(34-47)82-32-31-81-30-29-80-28-27-79-26-25-78-24-8-9-43-14-16-44(17-15-43)39-83-42(2)51(20-21-54(65)73)66-37-49-33-46-12-6-10-45-11-7-13-55(74)71(49)56(45)46/h6,10,12,14-19,34,40,42,49-52,58,66,72H,7-9,11,13,20-33,35-39H2,1-5H3,(H2,65,73)(H,67,75)(H,69,77)/t42-,49+,50-,51+,52+,58-/m1/s1. The number of aromatic nitrogens is 1. The first-order valence-corrected chi connectivity index (χ1v) is 30.6. The van der Waals surface area contributed by atoms with Gasteiger partial charge in [-0.2, -0.15) is 0 Å². The minimum atomic E-state index is -1.98. The molecule has 21 heteroatoms. The number of benzene rings is 3. The molecule has 4 heterocycles. The van der Waals surface area contributed by atoms with Gasteiger partial charge in [-0.05, 0) is 105 Å². The molecule has 84 heavy (non-hydrogen) atoms. The number of hydrogen-bond donors (Lipinski definition) is 5. The number of carbonyl (C=O) groups is 5. The molecule has 19 nitrogen and oxygen atoms in total. The molecule has 1 saturated heterocycles. The Morgan fingerprint density at radius 2 is 1.58 bits per heavy atom. The molecular weight excluding hydrogens is 1100 g/mol. The predicted octanol–water partition coefficient (Wildman–Crippen LogP) is 6.23. The molecule has 3 aliphatic heterocycles. The van der Waals surface area contributed by atoms with Gasteiger partial charge in [0.05, 0.1) is 92.9 Å². The number of β-amino-alcohol motifs (C(OH)–C–C–N with tert-alkyl or cyclic N) is 1. The van der Waals surface area contributed by atoms with E-state index in [0.717, 1.165) is 59.5 Å². The van der Waals surface area contributed by atoms with E-state index in [9.17, 15) is 33.5 Å². The van der Waals surface area contributed by atoms with Crippen LogP contribution in [0, 0.1) is 12.3 Å². The number of rotatable bonds is 34. The van der Waals surface area contributed by atoms with Crippen LogP contribution in [0.4, 0.5) is 10.1 Å². The highest BCUT2D eigenvalue weighted by Crippen LogP contribution is 2.41. The number of nitrogens with two attached hydrogens (primary N) is 1.